The largest absolute Gasteiger partial charge is 0.462 e. The van der Waals surface area contributed by atoms with E-state index in [2.05, 4.69) is 13.5 Å². The van der Waals surface area contributed by atoms with Crippen molar-refractivity contribution >= 4 is 0 Å². The molecule has 138 valence electrons. The van der Waals surface area contributed by atoms with E-state index in [1.165, 1.54) is 44.6 Å². The Morgan fingerprint density at radius 3 is 2.16 bits per heavy atom. The van der Waals surface area contributed by atoms with Crippen LogP contribution in [-0.2, 0) is 6.42 Å². The van der Waals surface area contributed by atoms with Crippen LogP contribution in [0.2, 0.25) is 0 Å². The quantitative estimate of drug-likeness (QED) is 0.540. The van der Waals surface area contributed by atoms with Gasteiger partial charge < -0.3 is 4.74 Å². The van der Waals surface area contributed by atoms with Crippen molar-refractivity contribution in [3.8, 4) is 5.75 Å². The molecule has 0 heterocycles. The Kier molecular flexibility index (Phi) is 6.14. The molecule has 1 aromatic rings. The van der Waals surface area contributed by atoms with Gasteiger partial charge in [0.25, 0.3) is 0 Å². The van der Waals surface area contributed by atoms with Gasteiger partial charge >= 0.3 is 0 Å². The average molecular weight is 348 g/mol. The first-order valence-corrected chi connectivity index (χ1v) is 9.83. The summed E-state index contributed by atoms with van der Waals surface area (Å²) in [5.74, 6) is 1.38. The molecule has 0 amide bonds. The number of rotatable bonds is 5. The molecule has 0 spiro atoms. The number of hydrogen-bond donors (Lipinski definition) is 0. The van der Waals surface area contributed by atoms with Crippen LogP contribution in [0.3, 0.4) is 0 Å². The summed E-state index contributed by atoms with van der Waals surface area (Å²) in [6.07, 6.45) is 12.1. The van der Waals surface area contributed by atoms with Gasteiger partial charge in [-0.05, 0) is 80.2 Å². The zero-order valence-corrected chi connectivity index (χ0v) is 15.3. The molecule has 0 aliphatic heterocycles. The lowest BCUT2D eigenvalue weighted by atomic mass is 9.69. The number of ether oxygens (including phenoxy) is 1. The molecule has 3 rings (SSSR count). The van der Waals surface area contributed by atoms with Gasteiger partial charge in [0, 0.05) is 0 Å². The summed E-state index contributed by atoms with van der Waals surface area (Å²) < 4.78 is 33.1. The Balaban J connectivity index is 1.54. The fourth-order valence-electron chi connectivity index (χ4n) is 4.84. The molecule has 1 nitrogen and oxygen atoms in total. The van der Waals surface area contributed by atoms with Crippen LogP contribution in [-0.4, -0.2) is 0 Å². The highest BCUT2D eigenvalue weighted by molar-refractivity contribution is 5.31. The zero-order chi connectivity index (χ0) is 17.8. The molecule has 2 fully saturated rings. The number of halogens is 2. The van der Waals surface area contributed by atoms with E-state index in [9.17, 15) is 8.78 Å². The lowest BCUT2D eigenvalue weighted by molar-refractivity contribution is 0.150. The Labute approximate surface area is 150 Å². The highest BCUT2D eigenvalue weighted by Crippen LogP contribution is 2.42. The maximum atomic E-state index is 14.3. The molecule has 0 bridgehead atoms. The Hall–Kier alpha value is -1.38. The van der Waals surface area contributed by atoms with Crippen molar-refractivity contribution in [2.45, 2.75) is 64.7 Å². The first kappa shape index (κ1) is 18.4. The van der Waals surface area contributed by atoms with E-state index in [-0.39, 0.29) is 5.75 Å². The van der Waals surface area contributed by atoms with Crippen molar-refractivity contribution in [2.24, 2.45) is 23.7 Å². The number of hydrogen-bond acceptors (Lipinski definition) is 1. The molecule has 0 N–H and O–H groups in total. The van der Waals surface area contributed by atoms with E-state index in [0.717, 1.165) is 36.9 Å². The molecular weight excluding hydrogens is 318 g/mol. The fourth-order valence-corrected chi connectivity index (χ4v) is 4.84. The Bertz CT molecular complexity index is 582. The minimum Gasteiger partial charge on any atom is -0.462 e. The predicted molar refractivity (Wildman–Crippen MR) is 97.5 cm³/mol. The van der Waals surface area contributed by atoms with Gasteiger partial charge in [0.05, 0.1) is 6.26 Å². The van der Waals surface area contributed by atoms with Crippen LogP contribution in [0.1, 0.15) is 63.9 Å². The van der Waals surface area contributed by atoms with Crippen molar-refractivity contribution < 1.29 is 13.5 Å². The molecule has 0 radical (unpaired) electrons. The van der Waals surface area contributed by atoms with Crippen LogP contribution in [0, 0.1) is 35.3 Å². The first-order valence-electron chi connectivity index (χ1n) is 9.83. The third-order valence-corrected chi connectivity index (χ3v) is 6.46. The second-order valence-electron chi connectivity index (χ2n) is 8.14. The zero-order valence-electron chi connectivity index (χ0n) is 15.3. The lowest BCUT2D eigenvalue weighted by Gasteiger charge is -2.37. The minimum absolute atomic E-state index is 0.0912. The normalized spacial score (nSPS) is 30.0. The number of benzene rings is 1. The summed E-state index contributed by atoms with van der Waals surface area (Å²) in [4.78, 5) is 0. The third kappa shape index (κ3) is 4.43. The van der Waals surface area contributed by atoms with Crippen molar-refractivity contribution in [1.29, 1.82) is 0 Å². The molecule has 0 aromatic heterocycles. The van der Waals surface area contributed by atoms with Gasteiger partial charge in [-0.3, -0.25) is 0 Å². The third-order valence-electron chi connectivity index (χ3n) is 6.46. The van der Waals surface area contributed by atoms with E-state index in [1.807, 2.05) is 0 Å². The molecule has 0 atom stereocenters. The molecular formula is C22H30F2O. The summed E-state index contributed by atoms with van der Waals surface area (Å²) in [7, 11) is 0. The van der Waals surface area contributed by atoms with Gasteiger partial charge in [-0.25, -0.2) is 4.39 Å². The highest BCUT2D eigenvalue weighted by Gasteiger charge is 2.30. The van der Waals surface area contributed by atoms with Crippen LogP contribution in [0.4, 0.5) is 8.78 Å². The van der Waals surface area contributed by atoms with Crippen molar-refractivity contribution in [1.82, 2.24) is 0 Å². The Morgan fingerprint density at radius 2 is 1.56 bits per heavy atom. The highest BCUT2D eigenvalue weighted by atomic mass is 19.2. The molecule has 0 saturated heterocycles. The van der Waals surface area contributed by atoms with Gasteiger partial charge in [0.2, 0.25) is 5.82 Å². The van der Waals surface area contributed by atoms with Gasteiger partial charge in [0.15, 0.2) is 11.6 Å². The maximum Gasteiger partial charge on any atom is 0.201 e. The van der Waals surface area contributed by atoms with Crippen LogP contribution in [0.15, 0.2) is 25.0 Å². The van der Waals surface area contributed by atoms with Crippen LogP contribution in [0.25, 0.3) is 0 Å². The van der Waals surface area contributed by atoms with Gasteiger partial charge in [-0.1, -0.05) is 32.4 Å². The summed E-state index contributed by atoms with van der Waals surface area (Å²) >= 11 is 0. The standard InChI is InChI=1S/C22H30F2O/c1-3-25-20-13-12-19(21(23)22(20)24)14-16-6-10-18(11-7-16)17-8-4-15(2)5-9-17/h3,12-13,15-18H,1,4-11,14H2,2H3. The van der Waals surface area contributed by atoms with Gasteiger partial charge in [0.1, 0.15) is 0 Å². The summed E-state index contributed by atoms with van der Waals surface area (Å²) in [6.45, 7) is 5.75. The van der Waals surface area contributed by atoms with Crippen molar-refractivity contribution in [3.05, 3.63) is 42.2 Å². The van der Waals surface area contributed by atoms with E-state index in [1.54, 1.807) is 6.07 Å². The maximum absolute atomic E-state index is 14.3. The molecule has 2 saturated carbocycles. The second kappa shape index (κ2) is 8.33. The summed E-state index contributed by atoms with van der Waals surface area (Å²) in [5.41, 5.74) is 0.476. The van der Waals surface area contributed by atoms with E-state index < -0.39 is 11.6 Å². The first-order chi connectivity index (χ1) is 12.1. The van der Waals surface area contributed by atoms with Gasteiger partial charge in [-0.2, -0.15) is 4.39 Å². The van der Waals surface area contributed by atoms with Crippen molar-refractivity contribution in [2.75, 3.05) is 0 Å². The summed E-state index contributed by atoms with van der Waals surface area (Å²) in [5, 5.41) is 0. The van der Waals surface area contributed by atoms with Crippen LogP contribution < -0.4 is 4.74 Å². The minimum atomic E-state index is -0.901. The van der Waals surface area contributed by atoms with Crippen molar-refractivity contribution in [3.63, 3.8) is 0 Å². The lowest BCUT2D eigenvalue weighted by Crippen LogP contribution is -2.26. The van der Waals surface area contributed by atoms with Crippen LogP contribution in [0.5, 0.6) is 5.75 Å². The predicted octanol–water partition coefficient (Wildman–Crippen LogP) is 6.66. The van der Waals surface area contributed by atoms with Crippen LogP contribution >= 0.6 is 0 Å². The monoisotopic (exact) mass is 348 g/mol. The fraction of sp³-hybridized carbons (Fsp3) is 0.636. The molecule has 0 unspecified atom stereocenters. The second-order valence-corrected chi connectivity index (χ2v) is 8.14. The SMILES string of the molecule is C=COc1ccc(CC2CCC(C3CCC(C)CC3)CC2)c(F)c1F. The molecule has 3 heteroatoms. The van der Waals surface area contributed by atoms with E-state index in [0.29, 0.717) is 17.9 Å². The van der Waals surface area contributed by atoms with Gasteiger partial charge in [-0.15, -0.1) is 0 Å². The van der Waals surface area contributed by atoms with E-state index in [4.69, 9.17) is 4.74 Å². The molecule has 1 aromatic carbocycles. The topological polar surface area (TPSA) is 9.23 Å². The summed E-state index contributed by atoms with van der Waals surface area (Å²) in [6, 6.07) is 3.16. The molecule has 2 aliphatic carbocycles. The molecule has 2 aliphatic rings. The molecule has 25 heavy (non-hydrogen) atoms. The van der Waals surface area contributed by atoms with E-state index >= 15 is 0 Å². The average Bonchev–Trinajstić information content (AvgIpc) is 2.63. The smallest absolute Gasteiger partial charge is 0.201 e. The Morgan fingerprint density at radius 1 is 0.960 bits per heavy atom.